The van der Waals surface area contributed by atoms with Gasteiger partial charge in [0.15, 0.2) is 5.75 Å². The van der Waals surface area contributed by atoms with Crippen LogP contribution in [0.2, 0.25) is 0 Å². The lowest BCUT2D eigenvalue weighted by molar-refractivity contribution is -0.137. The fraction of sp³-hybridized carbons (Fsp3) is 0.231. The van der Waals surface area contributed by atoms with Gasteiger partial charge in [0.1, 0.15) is 11.3 Å². The molecule has 5 nitrogen and oxygen atoms in total. The van der Waals surface area contributed by atoms with Crippen molar-refractivity contribution in [2.75, 3.05) is 0 Å². The first-order valence-corrected chi connectivity index (χ1v) is 5.86. The van der Waals surface area contributed by atoms with E-state index in [-0.39, 0.29) is 17.1 Å². The van der Waals surface area contributed by atoms with Crippen LogP contribution in [-0.2, 0) is 6.18 Å². The van der Waals surface area contributed by atoms with E-state index in [9.17, 15) is 18.0 Å². The molecule has 2 aromatic rings. The number of hydrogen-bond acceptors (Lipinski definition) is 4. The van der Waals surface area contributed by atoms with E-state index in [0.717, 1.165) is 12.1 Å². The quantitative estimate of drug-likeness (QED) is 0.885. The molecule has 0 saturated carbocycles. The van der Waals surface area contributed by atoms with Crippen molar-refractivity contribution in [2.24, 2.45) is 0 Å². The Kier molecular flexibility index (Phi) is 3.88. The topological polar surface area (TPSA) is 64.4 Å². The van der Waals surface area contributed by atoms with Gasteiger partial charge in [0, 0.05) is 0 Å². The van der Waals surface area contributed by atoms with Crippen molar-refractivity contribution < 1.29 is 27.3 Å². The maximum atomic E-state index is 12.5. The third kappa shape index (κ3) is 3.33. The highest BCUT2D eigenvalue weighted by molar-refractivity contribution is 5.95. The summed E-state index contributed by atoms with van der Waals surface area (Å²) < 4.78 is 42.4. The Morgan fingerprint density at radius 2 is 2.05 bits per heavy atom. The Balaban J connectivity index is 2.09. The van der Waals surface area contributed by atoms with E-state index >= 15 is 0 Å². The minimum atomic E-state index is -4.48. The molecule has 112 valence electrons. The van der Waals surface area contributed by atoms with Gasteiger partial charge in [-0.3, -0.25) is 4.79 Å². The number of nitrogens with one attached hydrogen (secondary N) is 1. The molecule has 0 radical (unpaired) electrons. The van der Waals surface area contributed by atoms with Crippen molar-refractivity contribution in [1.29, 1.82) is 0 Å². The molecular formula is C13H11F3N2O3. The fourth-order valence-corrected chi connectivity index (χ4v) is 1.70. The van der Waals surface area contributed by atoms with Crippen molar-refractivity contribution in [2.45, 2.75) is 20.0 Å². The first-order chi connectivity index (χ1) is 9.79. The molecule has 0 aliphatic rings. The first kappa shape index (κ1) is 14.9. The number of alkyl halides is 3. The van der Waals surface area contributed by atoms with Gasteiger partial charge < -0.3 is 9.36 Å². The summed E-state index contributed by atoms with van der Waals surface area (Å²) in [4.78, 5) is 16.7. The smallest absolute Gasteiger partial charge is 0.379 e. The van der Waals surface area contributed by atoms with Crippen molar-refractivity contribution in [3.05, 3.63) is 46.8 Å². The second kappa shape index (κ2) is 5.47. The van der Waals surface area contributed by atoms with Crippen LogP contribution in [0.5, 0.6) is 5.75 Å². The number of aryl methyl sites for hydroxylation is 2. The number of hydroxylamine groups is 1. The third-order valence-electron chi connectivity index (χ3n) is 2.68. The van der Waals surface area contributed by atoms with Gasteiger partial charge in [0.05, 0.1) is 11.3 Å². The zero-order chi connectivity index (χ0) is 15.6. The Bertz CT molecular complexity index is 645. The SMILES string of the molecule is Cc1noc(C)c1C(=O)NOc1cccc(C(F)(F)F)c1. The summed E-state index contributed by atoms with van der Waals surface area (Å²) in [5.41, 5.74) is 1.73. The van der Waals surface area contributed by atoms with E-state index in [4.69, 9.17) is 9.36 Å². The Morgan fingerprint density at radius 3 is 2.62 bits per heavy atom. The predicted octanol–water partition coefficient (Wildman–Crippen LogP) is 3.03. The molecule has 2 rings (SSSR count). The van der Waals surface area contributed by atoms with Gasteiger partial charge in [0.25, 0.3) is 5.91 Å². The summed E-state index contributed by atoms with van der Waals surface area (Å²) in [6, 6.07) is 4.17. The normalized spacial score (nSPS) is 11.3. The average molecular weight is 300 g/mol. The van der Waals surface area contributed by atoms with Gasteiger partial charge >= 0.3 is 6.18 Å². The number of benzene rings is 1. The number of carbonyl (C=O) groups is 1. The Labute approximate surface area is 117 Å². The number of carbonyl (C=O) groups excluding carboxylic acids is 1. The van der Waals surface area contributed by atoms with Crippen molar-refractivity contribution in [3.8, 4) is 5.75 Å². The number of halogens is 3. The van der Waals surface area contributed by atoms with Gasteiger partial charge in [-0.1, -0.05) is 11.2 Å². The summed E-state index contributed by atoms with van der Waals surface area (Å²) in [6.45, 7) is 3.11. The largest absolute Gasteiger partial charge is 0.416 e. The molecule has 1 amide bonds. The molecule has 0 unspecified atom stereocenters. The third-order valence-corrected chi connectivity index (χ3v) is 2.68. The molecule has 8 heteroatoms. The van der Waals surface area contributed by atoms with Crippen LogP contribution in [0, 0.1) is 13.8 Å². The van der Waals surface area contributed by atoms with Gasteiger partial charge in [-0.25, -0.2) is 0 Å². The molecule has 0 saturated heterocycles. The van der Waals surface area contributed by atoms with Crippen LogP contribution < -0.4 is 10.3 Å². The summed E-state index contributed by atoms with van der Waals surface area (Å²) in [6.07, 6.45) is -4.48. The van der Waals surface area contributed by atoms with Crippen LogP contribution in [0.15, 0.2) is 28.8 Å². The van der Waals surface area contributed by atoms with Gasteiger partial charge in [-0.2, -0.15) is 18.7 Å². The van der Waals surface area contributed by atoms with E-state index in [1.165, 1.54) is 12.1 Å². The molecule has 1 heterocycles. The monoisotopic (exact) mass is 300 g/mol. The van der Waals surface area contributed by atoms with E-state index < -0.39 is 17.6 Å². The van der Waals surface area contributed by atoms with Gasteiger partial charge in [-0.05, 0) is 32.0 Å². The van der Waals surface area contributed by atoms with Gasteiger partial charge in [0.2, 0.25) is 0 Å². The van der Waals surface area contributed by atoms with E-state index in [2.05, 4.69) is 10.6 Å². The summed E-state index contributed by atoms with van der Waals surface area (Å²) in [5, 5.41) is 3.60. The van der Waals surface area contributed by atoms with E-state index in [0.29, 0.717) is 5.69 Å². The van der Waals surface area contributed by atoms with Crippen LogP contribution >= 0.6 is 0 Å². The lowest BCUT2D eigenvalue weighted by atomic mass is 10.2. The Morgan fingerprint density at radius 1 is 1.33 bits per heavy atom. The summed E-state index contributed by atoms with van der Waals surface area (Å²) in [7, 11) is 0. The molecule has 0 fully saturated rings. The van der Waals surface area contributed by atoms with Crippen LogP contribution in [-0.4, -0.2) is 11.1 Å². The number of aromatic nitrogens is 1. The summed E-state index contributed by atoms with van der Waals surface area (Å²) in [5.74, 6) is -0.494. The number of rotatable bonds is 3. The maximum Gasteiger partial charge on any atom is 0.416 e. The standard InChI is InChI=1S/C13H11F3N2O3/c1-7-11(8(2)20-17-7)12(19)18-21-10-5-3-4-9(6-10)13(14,15)16/h3-6H,1-2H3,(H,18,19). The highest BCUT2D eigenvalue weighted by Crippen LogP contribution is 2.31. The average Bonchev–Trinajstić information content (AvgIpc) is 2.75. The summed E-state index contributed by atoms with van der Waals surface area (Å²) >= 11 is 0. The van der Waals surface area contributed by atoms with Crippen molar-refractivity contribution in [1.82, 2.24) is 10.6 Å². The minimum Gasteiger partial charge on any atom is -0.379 e. The molecule has 21 heavy (non-hydrogen) atoms. The molecule has 1 aromatic carbocycles. The molecule has 1 N–H and O–H groups in total. The zero-order valence-electron chi connectivity index (χ0n) is 11.1. The maximum absolute atomic E-state index is 12.5. The van der Waals surface area contributed by atoms with E-state index in [1.807, 2.05) is 0 Å². The van der Waals surface area contributed by atoms with Crippen molar-refractivity contribution in [3.63, 3.8) is 0 Å². The van der Waals surface area contributed by atoms with Gasteiger partial charge in [-0.15, -0.1) is 0 Å². The number of nitrogens with zero attached hydrogens (tertiary/aromatic N) is 1. The van der Waals surface area contributed by atoms with Crippen LogP contribution in [0.3, 0.4) is 0 Å². The lowest BCUT2D eigenvalue weighted by Crippen LogP contribution is -2.27. The highest BCUT2D eigenvalue weighted by Gasteiger charge is 2.30. The highest BCUT2D eigenvalue weighted by atomic mass is 19.4. The van der Waals surface area contributed by atoms with Crippen LogP contribution in [0.1, 0.15) is 27.4 Å². The molecule has 0 bridgehead atoms. The lowest BCUT2D eigenvalue weighted by Gasteiger charge is -2.10. The second-order valence-electron chi connectivity index (χ2n) is 4.26. The predicted molar refractivity (Wildman–Crippen MR) is 65.5 cm³/mol. The first-order valence-electron chi connectivity index (χ1n) is 5.86. The second-order valence-corrected chi connectivity index (χ2v) is 4.26. The van der Waals surface area contributed by atoms with Crippen molar-refractivity contribution >= 4 is 5.91 Å². The molecule has 0 aliphatic heterocycles. The fourth-order valence-electron chi connectivity index (χ4n) is 1.70. The molecule has 1 aromatic heterocycles. The minimum absolute atomic E-state index is 0.134. The zero-order valence-corrected chi connectivity index (χ0v) is 11.1. The number of amides is 1. The molecule has 0 spiro atoms. The van der Waals surface area contributed by atoms with Crippen LogP contribution in [0.4, 0.5) is 13.2 Å². The van der Waals surface area contributed by atoms with Crippen LogP contribution in [0.25, 0.3) is 0 Å². The molecule has 0 atom stereocenters. The number of hydrogen-bond donors (Lipinski definition) is 1. The Hall–Kier alpha value is -2.51. The van der Waals surface area contributed by atoms with E-state index in [1.54, 1.807) is 13.8 Å². The molecule has 0 aliphatic carbocycles. The molecular weight excluding hydrogens is 289 g/mol.